The van der Waals surface area contributed by atoms with Crippen molar-refractivity contribution >= 4 is 23.6 Å². The molecule has 2 N–H and O–H groups in total. The first-order chi connectivity index (χ1) is 16.4. The van der Waals surface area contributed by atoms with Crippen molar-refractivity contribution in [1.82, 2.24) is 9.97 Å². The lowest BCUT2D eigenvalue weighted by molar-refractivity contribution is -0.385. The van der Waals surface area contributed by atoms with Crippen LogP contribution in [-0.2, 0) is 11.2 Å². The lowest BCUT2D eigenvalue weighted by Gasteiger charge is -2.13. The predicted molar refractivity (Wildman–Crippen MR) is 126 cm³/mol. The average Bonchev–Trinajstić information content (AvgIpc) is 3.33. The third-order valence-corrected chi connectivity index (χ3v) is 5.15. The fourth-order valence-corrected chi connectivity index (χ4v) is 3.47. The Morgan fingerprint density at radius 1 is 1.15 bits per heavy atom. The van der Waals surface area contributed by atoms with Gasteiger partial charge in [0.2, 0.25) is 0 Å². The van der Waals surface area contributed by atoms with Crippen LogP contribution < -0.4 is 5.32 Å². The van der Waals surface area contributed by atoms with Crippen LogP contribution in [0.2, 0.25) is 0 Å². The fraction of sp³-hybridized carbons (Fsp3) is 0.0800. The van der Waals surface area contributed by atoms with E-state index in [1.807, 2.05) is 30.3 Å². The van der Waals surface area contributed by atoms with Crippen LogP contribution in [0, 0.1) is 17.0 Å². The SMILES string of the molecule is Cc1c(-c2cnc(N/C(=C\c3ccco3)C(=O)O)c(Cc3ccccc3)n2)cccc1[N+](=O)[O-]. The summed E-state index contributed by atoms with van der Waals surface area (Å²) in [7, 11) is 0. The van der Waals surface area contributed by atoms with E-state index in [0.29, 0.717) is 34.7 Å². The number of aliphatic carboxylic acids is 1. The Hall–Kier alpha value is -4.79. The minimum atomic E-state index is -1.19. The van der Waals surface area contributed by atoms with Crippen LogP contribution in [-0.4, -0.2) is 26.0 Å². The standard InChI is InChI=1S/C25H20N4O5/c1-16-19(10-5-11-23(16)29(32)33)22-15-26-24(20(27-22)13-17-7-3-2-4-8-17)28-21(25(30)31)14-18-9-6-12-34-18/h2-12,14-15H,13H2,1H3,(H,26,28)(H,30,31)/b21-14-. The third kappa shape index (κ3) is 4.99. The number of aromatic nitrogens is 2. The summed E-state index contributed by atoms with van der Waals surface area (Å²) < 4.78 is 5.23. The molecule has 0 bridgehead atoms. The molecule has 0 aliphatic carbocycles. The van der Waals surface area contributed by atoms with Crippen molar-refractivity contribution in [3.05, 3.63) is 112 Å². The molecular weight excluding hydrogens is 436 g/mol. The molecule has 4 aromatic rings. The highest BCUT2D eigenvalue weighted by atomic mass is 16.6. The van der Waals surface area contributed by atoms with Gasteiger partial charge in [-0.15, -0.1) is 0 Å². The first-order valence-corrected chi connectivity index (χ1v) is 10.3. The van der Waals surface area contributed by atoms with E-state index < -0.39 is 10.9 Å². The minimum Gasteiger partial charge on any atom is -0.477 e. The molecule has 2 aromatic heterocycles. The number of nitro benzene ring substituents is 1. The van der Waals surface area contributed by atoms with Crippen molar-refractivity contribution in [2.45, 2.75) is 13.3 Å². The molecule has 0 aliphatic heterocycles. The second kappa shape index (κ2) is 9.78. The molecule has 9 heteroatoms. The lowest BCUT2D eigenvalue weighted by atomic mass is 10.0. The molecule has 0 unspecified atom stereocenters. The van der Waals surface area contributed by atoms with Crippen molar-refractivity contribution in [3.8, 4) is 11.3 Å². The molecule has 0 aliphatic rings. The molecule has 170 valence electrons. The Morgan fingerprint density at radius 2 is 1.94 bits per heavy atom. The highest BCUT2D eigenvalue weighted by molar-refractivity contribution is 5.95. The maximum absolute atomic E-state index is 11.8. The van der Waals surface area contributed by atoms with Crippen molar-refractivity contribution < 1.29 is 19.2 Å². The molecule has 0 amide bonds. The highest BCUT2D eigenvalue weighted by Gasteiger charge is 2.19. The number of carboxylic acids is 1. The summed E-state index contributed by atoms with van der Waals surface area (Å²) in [5, 5.41) is 23.9. The normalized spacial score (nSPS) is 11.3. The Balaban J connectivity index is 1.78. The maximum atomic E-state index is 11.8. The number of carbonyl (C=O) groups is 1. The zero-order valence-electron chi connectivity index (χ0n) is 18.1. The van der Waals surface area contributed by atoms with Crippen molar-refractivity contribution in [1.29, 1.82) is 0 Å². The number of hydrogen-bond donors (Lipinski definition) is 2. The monoisotopic (exact) mass is 456 g/mol. The van der Waals surface area contributed by atoms with Gasteiger partial charge in [0.25, 0.3) is 5.69 Å². The quantitative estimate of drug-likeness (QED) is 0.213. The van der Waals surface area contributed by atoms with Gasteiger partial charge in [0, 0.05) is 29.7 Å². The molecule has 0 atom stereocenters. The topological polar surface area (TPSA) is 131 Å². The molecule has 4 rings (SSSR count). The van der Waals surface area contributed by atoms with Gasteiger partial charge >= 0.3 is 5.97 Å². The molecule has 9 nitrogen and oxygen atoms in total. The molecule has 0 radical (unpaired) electrons. The second-order valence-electron chi connectivity index (χ2n) is 7.42. The van der Waals surface area contributed by atoms with Gasteiger partial charge in [-0.25, -0.2) is 14.8 Å². The summed E-state index contributed by atoms with van der Waals surface area (Å²) in [4.78, 5) is 31.9. The zero-order chi connectivity index (χ0) is 24.1. The van der Waals surface area contributed by atoms with Crippen LogP contribution in [0.15, 0.2) is 83.2 Å². The van der Waals surface area contributed by atoms with Crippen LogP contribution in [0.3, 0.4) is 0 Å². The van der Waals surface area contributed by atoms with Crippen molar-refractivity contribution in [3.63, 3.8) is 0 Å². The van der Waals surface area contributed by atoms with E-state index in [-0.39, 0.29) is 17.2 Å². The van der Waals surface area contributed by atoms with Gasteiger partial charge < -0.3 is 14.8 Å². The number of nitrogens with zero attached hydrogens (tertiary/aromatic N) is 3. The van der Waals surface area contributed by atoms with E-state index in [9.17, 15) is 20.0 Å². The zero-order valence-corrected chi connectivity index (χ0v) is 18.1. The lowest BCUT2D eigenvalue weighted by Crippen LogP contribution is -2.14. The van der Waals surface area contributed by atoms with E-state index in [0.717, 1.165) is 5.56 Å². The van der Waals surface area contributed by atoms with Gasteiger partial charge in [-0.05, 0) is 24.6 Å². The van der Waals surface area contributed by atoms with Gasteiger partial charge in [-0.2, -0.15) is 0 Å². The third-order valence-electron chi connectivity index (χ3n) is 5.15. The van der Waals surface area contributed by atoms with E-state index in [4.69, 9.17) is 9.40 Å². The smallest absolute Gasteiger partial charge is 0.352 e. The van der Waals surface area contributed by atoms with Crippen LogP contribution in [0.4, 0.5) is 11.5 Å². The molecule has 2 aromatic carbocycles. The van der Waals surface area contributed by atoms with E-state index in [1.54, 1.807) is 31.2 Å². The van der Waals surface area contributed by atoms with Gasteiger partial charge in [-0.3, -0.25) is 10.1 Å². The van der Waals surface area contributed by atoms with Gasteiger partial charge in [0.15, 0.2) is 5.82 Å². The number of nitrogens with one attached hydrogen (secondary N) is 1. The summed E-state index contributed by atoms with van der Waals surface area (Å²) in [6, 6.07) is 17.6. The maximum Gasteiger partial charge on any atom is 0.352 e. The Morgan fingerprint density at radius 3 is 2.62 bits per heavy atom. The molecule has 0 saturated carbocycles. The number of rotatable bonds is 8. The van der Waals surface area contributed by atoms with E-state index in [2.05, 4.69) is 10.3 Å². The van der Waals surface area contributed by atoms with Crippen LogP contribution >= 0.6 is 0 Å². The van der Waals surface area contributed by atoms with Gasteiger partial charge in [0.1, 0.15) is 11.5 Å². The summed E-state index contributed by atoms with van der Waals surface area (Å²) in [6.07, 6.45) is 4.64. The summed E-state index contributed by atoms with van der Waals surface area (Å²) in [5.74, 6) is -0.565. The molecule has 34 heavy (non-hydrogen) atoms. The summed E-state index contributed by atoms with van der Waals surface area (Å²) >= 11 is 0. The number of benzene rings is 2. The van der Waals surface area contributed by atoms with Crippen molar-refractivity contribution in [2.75, 3.05) is 5.32 Å². The van der Waals surface area contributed by atoms with Gasteiger partial charge in [0.05, 0.1) is 28.8 Å². The minimum absolute atomic E-state index is 0.0133. The Bertz CT molecular complexity index is 1370. The number of nitro groups is 1. The van der Waals surface area contributed by atoms with Crippen LogP contribution in [0.25, 0.3) is 17.3 Å². The predicted octanol–water partition coefficient (Wildman–Crippen LogP) is 5.08. The second-order valence-corrected chi connectivity index (χ2v) is 7.42. The Kier molecular flexibility index (Phi) is 6.45. The number of furan rings is 1. The molecule has 0 saturated heterocycles. The molecular formula is C25H20N4O5. The van der Waals surface area contributed by atoms with Crippen molar-refractivity contribution in [2.24, 2.45) is 0 Å². The van der Waals surface area contributed by atoms with Crippen LogP contribution in [0.1, 0.15) is 22.6 Å². The number of anilines is 1. The van der Waals surface area contributed by atoms with E-state index in [1.165, 1.54) is 24.6 Å². The molecule has 0 spiro atoms. The number of carboxylic acid groups (broad SMARTS) is 1. The summed E-state index contributed by atoms with van der Waals surface area (Å²) in [5.41, 5.74) is 2.77. The highest BCUT2D eigenvalue weighted by Crippen LogP contribution is 2.30. The molecule has 0 fully saturated rings. The van der Waals surface area contributed by atoms with E-state index >= 15 is 0 Å². The largest absolute Gasteiger partial charge is 0.477 e. The fourth-order valence-electron chi connectivity index (χ4n) is 3.47. The first-order valence-electron chi connectivity index (χ1n) is 10.3. The van der Waals surface area contributed by atoms with Crippen LogP contribution in [0.5, 0.6) is 0 Å². The summed E-state index contributed by atoms with van der Waals surface area (Å²) in [6.45, 7) is 1.66. The number of hydrogen-bond acceptors (Lipinski definition) is 7. The average molecular weight is 456 g/mol. The molecule has 2 heterocycles. The van der Waals surface area contributed by atoms with Gasteiger partial charge in [-0.1, -0.05) is 42.5 Å². The first kappa shape index (κ1) is 22.4. The Labute approximate surface area is 194 Å².